The number of halogens is 1. The lowest BCUT2D eigenvalue weighted by atomic mass is 10.4. The van der Waals surface area contributed by atoms with Crippen LogP contribution >= 0.6 is 11.6 Å². The van der Waals surface area contributed by atoms with Gasteiger partial charge in [0, 0.05) is 31.7 Å². The van der Waals surface area contributed by atoms with Crippen LogP contribution in [0.4, 0.5) is 0 Å². The third-order valence-corrected chi connectivity index (χ3v) is 4.28. The van der Waals surface area contributed by atoms with E-state index in [0.717, 1.165) is 0 Å². The Balaban J connectivity index is 1.90. The van der Waals surface area contributed by atoms with Crippen molar-refractivity contribution in [2.45, 2.75) is 17.9 Å². The number of hydrogen-bond donors (Lipinski definition) is 1. The lowest BCUT2D eigenvalue weighted by Gasteiger charge is -2.07. The molecule has 0 aromatic carbocycles. The van der Waals surface area contributed by atoms with E-state index in [1.165, 1.54) is 18.5 Å². The summed E-state index contributed by atoms with van der Waals surface area (Å²) in [6.07, 6.45) is 6.54. The SMILES string of the molecule is O=S(=O)(NCCCn1ccnn1)c1cnccc1Cl. The molecule has 0 fully saturated rings. The molecule has 2 aromatic heterocycles. The van der Waals surface area contributed by atoms with E-state index >= 15 is 0 Å². The van der Waals surface area contributed by atoms with Crippen molar-refractivity contribution in [1.82, 2.24) is 24.7 Å². The summed E-state index contributed by atoms with van der Waals surface area (Å²) < 4.78 is 28.0. The van der Waals surface area contributed by atoms with E-state index in [0.29, 0.717) is 13.0 Å². The van der Waals surface area contributed by atoms with E-state index in [9.17, 15) is 8.42 Å². The standard InChI is InChI=1S/C10H12ClN5O2S/c11-9-2-4-12-8-10(9)19(17,18)14-3-1-6-16-7-5-13-15-16/h2,4-5,7-8,14H,1,3,6H2. The van der Waals surface area contributed by atoms with Crippen LogP contribution in [0.15, 0.2) is 35.7 Å². The van der Waals surface area contributed by atoms with Crippen molar-refractivity contribution in [3.05, 3.63) is 35.9 Å². The molecule has 19 heavy (non-hydrogen) atoms. The molecule has 0 atom stereocenters. The minimum Gasteiger partial charge on any atom is -0.263 e. The van der Waals surface area contributed by atoms with E-state index < -0.39 is 10.0 Å². The molecule has 0 aliphatic rings. The molecular formula is C10H12ClN5O2S. The minimum absolute atomic E-state index is 0.0163. The lowest BCUT2D eigenvalue weighted by Crippen LogP contribution is -2.26. The lowest BCUT2D eigenvalue weighted by molar-refractivity contribution is 0.542. The summed E-state index contributed by atoms with van der Waals surface area (Å²) >= 11 is 5.82. The first-order valence-corrected chi connectivity index (χ1v) is 7.39. The number of pyridine rings is 1. The zero-order valence-electron chi connectivity index (χ0n) is 9.90. The van der Waals surface area contributed by atoms with Crippen molar-refractivity contribution in [2.24, 2.45) is 0 Å². The third-order valence-electron chi connectivity index (χ3n) is 2.35. The molecule has 9 heteroatoms. The normalized spacial score (nSPS) is 11.6. The maximum atomic E-state index is 11.9. The summed E-state index contributed by atoms with van der Waals surface area (Å²) in [7, 11) is -3.62. The Morgan fingerprint density at radius 3 is 2.89 bits per heavy atom. The molecule has 0 spiro atoms. The Hall–Kier alpha value is -1.51. The molecule has 0 radical (unpaired) electrons. The molecule has 0 aliphatic heterocycles. The largest absolute Gasteiger partial charge is 0.263 e. The van der Waals surface area contributed by atoms with Gasteiger partial charge in [0.25, 0.3) is 0 Å². The number of aryl methyl sites for hydroxylation is 1. The average molecular weight is 302 g/mol. The fourth-order valence-electron chi connectivity index (χ4n) is 1.44. The van der Waals surface area contributed by atoms with Crippen LogP contribution in [0.1, 0.15) is 6.42 Å². The van der Waals surface area contributed by atoms with Gasteiger partial charge in [0.15, 0.2) is 0 Å². The summed E-state index contributed by atoms with van der Waals surface area (Å²) in [5.41, 5.74) is 0. The van der Waals surface area contributed by atoms with Crippen molar-refractivity contribution in [3.63, 3.8) is 0 Å². The molecule has 0 unspecified atom stereocenters. The van der Waals surface area contributed by atoms with E-state index in [1.807, 2.05) is 0 Å². The Morgan fingerprint density at radius 1 is 1.37 bits per heavy atom. The molecular weight excluding hydrogens is 290 g/mol. The third kappa shape index (κ3) is 3.72. The first kappa shape index (κ1) is 13.9. The molecule has 0 saturated carbocycles. The van der Waals surface area contributed by atoms with Crippen molar-refractivity contribution in [3.8, 4) is 0 Å². The molecule has 0 aliphatic carbocycles. The predicted molar refractivity (Wildman–Crippen MR) is 69.1 cm³/mol. The van der Waals surface area contributed by atoms with Crippen LogP contribution in [0.3, 0.4) is 0 Å². The molecule has 1 N–H and O–H groups in total. The summed E-state index contributed by atoms with van der Waals surface area (Å²) in [5.74, 6) is 0. The first-order chi connectivity index (χ1) is 9.09. The van der Waals surface area contributed by atoms with Gasteiger partial charge in [-0.25, -0.2) is 13.1 Å². The molecule has 7 nitrogen and oxygen atoms in total. The van der Waals surface area contributed by atoms with Gasteiger partial charge >= 0.3 is 0 Å². The molecule has 0 amide bonds. The van der Waals surface area contributed by atoms with E-state index in [1.54, 1.807) is 17.1 Å². The van der Waals surface area contributed by atoms with Gasteiger partial charge in [0.1, 0.15) is 4.90 Å². The van der Waals surface area contributed by atoms with Crippen LogP contribution in [0.2, 0.25) is 5.02 Å². The maximum Gasteiger partial charge on any atom is 0.243 e. The second-order valence-corrected chi connectivity index (χ2v) is 5.87. The van der Waals surface area contributed by atoms with Crippen LogP contribution < -0.4 is 4.72 Å². The quantitative estimate of drug-likeness (QED) is 0.793. The summed E-state index contributed by atoms with van der Waals surface area (Å²) in [5, 5.41) is 7.59. The van der Waals surface area contributed by atoms with Crippen LogP contribution in [-0.2, 0) is 16.6 Å². The fraction of sp³-hybridized carbons (Fsp3) is 0.300. The number of aromatic nitrogens is 4. The Bertz CT molecular complexity index is 629. The zero-order valence-corrected chi connectivity index (χ0v) is 11.5. The van der Waals surface area contributed by atoms with Gasteiger partial charge in [-0.1, -0.05) is 16.8 Å². The van der Waals surface area contributed by atoms with Gasteiger partial charge in [-0.3, -0.25) is 9.67 Å². The van der Waals surface area contributed by atoms with Crippen molar-refractivity contribution < 1.29 is 8.42 Å². The van der Waals surface area contributed by atoms with Crippen LogP contribution in [0, 0.1) is 0 Å². The Morgan fingerprint density at radius 2 is 2.21 bits per heavy atom. The summed E-state index contributed by atoms with van der Waals surface area (Å²) in [6, 6.07) is 1.44. The highest BCUT2D eigenvalue weighted by Crippen LogP contribution is 2.18. The molecule has 2 heterocycles. The highest BCUT2D eigenvalue weighted by atomic mass is 35.5. The van der Waals surface area contributed by atoms with Crippen LogP contribution in [-0.4, -0.2) is 34.9 Å². The van der Waals surface area contributed by atoms with E-state index in [-0.39, 0.29) is 16.5 Å². The first-order valence-electron chi connectivity index (χ1n) is 5.53. The van der Waals surface area contributed by atoms with Crippen LogP contribution in [0.5, 0.6) is 0 Å². The molecule has 0 saturated heterocycles. The van der Waals surface area contributed by atoms with Gasteiger partial charge in [-0.2, -0.15) is 0 Å². The topological polar surface area (TPSA) is 89.8 Å². The monoisotopic (exact) mass is 301 g/mol. The Kier molecular flexibility index (Phi) is 4.46. The van der Waals surface area contributed by atoms with Gasteiger partial charge < -0.3 is 0 Å². The molecule has 2 rings (SSSR count). The summed E-state index contributed by atoms with van der Waals surface area (Å²) in [4.78, 5) is 3.74. The van der Waals surface area contributed by atoms with Crippen molar-refractivity contribution in [1.29, 1.82) is 0 Å². The van der Waals surface area contributed by atoms with Gasteiger partial charge in [0.2, 0.25) is 10.0 Å². The smallest absolute Gasteiger partial charge is 0.243 e. The minimum atomic E-state index is -3.62. The van der Waals surface area contributed by atoms with Crippen LogP contribution in [0.25, 0.3) is 0 Å². The highest BCUT2D eigenvalue weighted by molar-refractivity contribution is 7.89. The molecule has 0 bridgehead atoms. The number of sulfonamides is 1. The van der Waals surface area contributed by atoms with Gasteiger partial charge in [-0.05, 0) is 12.5 Å². The number of rotatable bonds is 6. The van der Waals surface area contributed by atoms with Crippen molar-refractivity contribution in [2.75, 3.05) is 6.54 Å². The highest BCUT2D eigenvalue weighted by Gasteiger charge is 2.17. The maximum absolute atomic E-state index is 11.9. The summed E-state index contributed by atoms with van der Waals surface area (Å²) in [6.45, 7) is 0.872. The Labute approximate surface area is 115 Å². The van der Waals surface area contributed by atoms with Gasteiger partial charge in [-0.15, -0.1) is 5.10 Å². The van der Waals surface area contributed by atoms with E-state index in [2.05, 4.69) is 20.0 Å². The number of nitrogens with one attached hydrogen (secondary N) is 1. The number of nitrogens with zero attached hydrogens (tertiary/aromatic N) is 4. The molecule has 2 aromatic rings. The van der Waals surface area contributed by atoms with E-state index in [4.69, 9.17) is 11.6 Å². The average Bonchev–Trinajstić information content (AvgIpc) is 2.88. The zero-order chi connectivity index (χ0) is 13.7. The predicted octanol–water partition coefficient (Wildman–Crippen LogP) is 0.695. The second-order valence-electron chi connectivity index (χ2n) is 3.72. The van der Waals surface area contributed by atoms with Gasteiger partial charge in [0.05, 0.1) is 11.2 Å². The van der Waals surface area contributed by atoms with Crippen molar-refractivity contribution >= 4 is 21.6 Å². The molecule has 102 valence electrons. The number of hydrogen-bond acceptors (Lipinski definition) is 5. The second kappa shape index (κ2) is 6.09. The fourth-order valence-corrected chi connectivity index (χ4v) is 2.94.